The van der Waals surface area contributed by atoms with Crippen molar-refractivity contribution in [1.82, 2.24) is 25.5 Å². The van der Waals surface area contributed by atoms with Gasteiger partial charge in [-0.25, -0.2) is 0 Å². The predicted molar refractivity (Wildman–Crippen MR) is 73.2 cm³/mol. The molecule has 7 heteroatoms. The van der Waals surface area contributed by atoms with Crippen LogP contribution in [0.4, 0.5) is 0 Å². The number of carbonyl (C=O) groups is 1. The van der Waals surface area contributed by atoms with Crippen LogP contribution in [0.5, 0.6) is 0 Å². The second-order valence-corrected chi connectivity index (χ2v) is 5.85. The molecule has 108 valence electrons. The van der Waals surface area contributed by atoms with Gasteiger partial charge in [-0.2, -0.15) is 5.21 Å². The van der Waals surface area contributed by atoms with Crippen molar-refractivity contribution in [3.05, 3.63) is 29.8 Å². The Kier molecular flexibility index (Phi) is 2.58. The van der Waals surface area contributed by atoms with Gasteiger partial charge in [0.05, 0.1) is 13.1 Å². The summed E-state index contributed by atoms with van der Waals surface area (Å²) in [5.41, 5.74) is 0.777. The number of benzene rings is 1. The highest BCUT2D eigenvalue weighted by molar-refractivity contribution is 5.95. The van der Waals surface area contributed by atoms with Crippen LogP contribution in [0.15, 0.2) is 24.3 Å². The van der Waals surface area contributed by atoms with E-state index in [2.05, 4.69) is 20.6 Å². The quantitative estimate of drug-likeness (QED) is 0.854. The van der Waals surface area contributed by atoms with Gasteiger partial charge in [-0.3, -0.25) is 4.79 Å². The Balaban J connectivity index is 1.46. The van der Waals surface area contributed by atoms with Crippen molar-refractivity contribution in [2.75, 3.05) is 13.1 Å². The van der Waals surface area contributed by atoms with Crippen molar-refractivity contribution < 1.29 is 9.90 Å². The molecule has 1 aromatic heterocycles. The summed E-state index contributed by atoms with van der Waals surface area (Å²) in [6.45, 7) is 0.895. The second-order valence-electron chi connectivity index (χ2n) is 5.85. The van der Waals surface area contributed by atoms with Crippen LogP contribution in [0, 0.1) is 5.92 Å². The van der Waals surface area contributed by atoms with Crippen LogP contribution >= 0.6 is 0 Å². The van der Waals surface area contributed by atoms with E-state index in [1.54, 1.807) is 29.2 Å². The van der Waals surface area contributed by atoms with Gasteiger partial charge in [-0.1, -0.05) is 12.1 Å². The molecule has 0 bridgehead atoms. The lowest BCUT2D eigenvalue weighted by atomic mass is 9.88. The van der Waals surface area contributed by atoms with E-state index < -0.39 is 5.60 Å². The van der Waals surface area contributed by atoms with Gasteiger partial charge in [0, 0.05) is 11.1 Å². The molecule has 2 aromatic rings. The fourth-order valence-corrected chi connectivity index (χ4v) is 2.87. The highest BCUT2D eigenvalue weighted by Crippen LogP contribution is 2.44. The van der Waals surface area contributed by atoms with E-state index >= 15 is 0 Å². The lowest BCUT2D eigenvalue weighted by Crippen LogP contribution is -2.64. The van der Waals surface area contributed by atoms with Gasteiger partial charge in [0.1, 0.15) is 5.60 Å². The Morgan fingerprint density at radius 3 is 2.57 bits per heavy atom. The van der Waals surface area contributed by atoms with Crippen LogP contribution in [-0.4, -0.2) is 55.2 Å². The molecule has 0 unspecified atom stereocenters. The van der Waals surface area contributed by atoms with E-state index in [9.17, 15) is 9.90 Å². The first kappa shape index (κ1) is 12.5. The summed E-state index contributed by atoms with van der Waals surface area (Å²) in [5, 5.41) is 24.0. The number of tetrazole rings is 1. The second kappa shape index (κ2) is 4.36. The Labute approximate surface area is 121 Å². The topological polar surface area (TPSA) is 95.0 Å². The van der Waals surface area contributed by atoms with Crippen molar-refractivity contribution in [2.45, 2.75) is 18.4 Å². The Bertz CT molecular complexity index is 657. The third kappa shape index (κ3) is 2.09. The van der Waals surface area contributed by atoms with Gasteiger partial charge < -0.3 is 10.0 Å². The number of aliphatic hydroxyl groups is 1. The van der Waals surface area contributed by atoms with Gasteiger partial charge in [0.2, 0.25) is 5.82 Å². The van der Waals surface area contributed by atoms with Crippen LogP contribution in [0.25, 0.3) is 11.4 Å². The number of aromatic nitrogens is 4. The summed E-state index contributed by atoms with van der Waals surface area (Å²) >= 11 is 0. The van der Waals surface area contributed by atoms with Gasteiger partial charge in [-0.15, -0.1) is 10.2 Å². The number of amides is 1. The number of carbonyl (C=O) groups excluding carboxylic acids is 1. The largest absolute Gasteiger partial charge is 0.386 e. The molecule has 4 rings (SSSR count). The van der Waals surface area contributed by atoms with E-state index in [-0.39, 0.29) is 5.91 Å². The number of hydrogen-bond acceptors (Lipinski definition) is 5. The summed E-state index contributed by atoms with van der Waals surface area (Å²) < 4.78 is 0. The fourth-order valence-electron chi connectivity index (χ4n) is 2.87. The van der Waals surface area contributed by atoms with Gasteiger partial charge in [0.15, 0.2) is 0 Å². The molecule has 1 aromatic carbocycles. The monoisotopic (exact) mass is 285 g/mol. The number of rotatable bonds is 3. The molecule has 7 nitrogen and oxygen atoms in total. The number of β-amino-alcohol motifs (C(OH)–C–C–N with tert-alkyl or cyclic N) is 1. The normalized spacial score (nSPS) is 20.1. The van der Waals surface area contributed by atoms with E-state index in [4.69, 9.17) is 0 Å². The van der Waals surface area contributed by atoms with Crippen molar-refractivity contribution in [1.29, 1.82) is 0 Å². The molecule has 2 N–H and O–H groups in total. The van der Waals surface area contributed by atoms with Crippen LogP contribution in [0.2, 0.25) is 0 Å². The van der Waals surface area contributed by atoms with Crippen LogP contribution in [0.1, 0.15) is 23.2 Å². The minimum absolute atomic E-state index is 0.0417. The number of nitrogens with one attached hydrogen (secondary N) is 1. The van der Waals surface area contributed by atoms with Crippen molar-refractivity contribution in [3.8, 4) is 11.4 Å². The maximum atomic E-state index is 12.3. The first-order chi connectivity index (χ1) is 10.2. The minimum atomic E-state index is -0.639. The van der Waals surface area contributed by atoms with E-state index in [0.717, 1.165) is 18.4 Å². The number of likely N-dealkylation sites (tertiary alicyclic amines) is 1. The molecule has 0 radical (unpaired) electrons. The van der Waals surface area contributed by atoms with Crippen LogP contribution in [-0.2, 0) is 0 Å². The van der Waals surface area contributed by atoms with Gasteiger partial charge in [-0.05, 0) is 36.1 Å². The fraction of sp³-hybridized carbons (Fsp3) is 0.429. The van der Waals surface area contributed by atoms with E-state index in [0.29, 0.717) is 30.4 Å². The molecule has 1 saturated carbocycles. The van der Waals surface area contributed by atoms with Crippen molar-refractivity contribution in [3.63, 3.8) is 0 Å². The molecule has 2 heterocycles. The molecular weight excluding hydrogens is 270 g/mol. The van der Waals surface area contributed by atoms with E-state index in [1.165, 1.54) is 0 Å². The summed E-state index contributed by atoms with van der Waals surface area (Å²) in [6, 6.07) is 7.10. The smallest absolute Gasteiger partial charge is 0.254 e. The third-order valence-electron chi connectivity index (χ3n) is 4.29. The van der Waals surface area contributed by atoms with Crippen LogP contribution in [0.3, 0.4) is 0 Å². The number of H-pyrrole nitrogens is 1. The average Bonchev–Trinajstić information content (AvgIpc) is 3.19. The highest BCUT2D eigenvalue weighted by Gasteiger charge is 2.53. The Morgan fingerprint density at radius 2 is 2.00 bits per heavy atom. The third-order valence-corrected chi connectivity index (χ3v) is 4.29. The first-order valence-corrected chi connectivity index (χ1v) is 7.01. The zero-order valence-corrected chi connectivity index (χ0v) is 11.4. The van der Waals surface area contributed by atoms with Gasteiger partial charge >= 0.3 is 0 Å². The van der Waals surface area contributed by atoms with Crippen molar-refractivity contribution in [2.24, 2.45) is 5.92 Å². The van der Waals surface area contributed by atoms with Gasteiger partial charge in [0.25, 0.3) is 5.91 Å². The maximum absolute atomic E-state index is 12.3. The SMILES string of the molecule is O=C(c1ccc(-c2nn[nH]n2)cc1)N1CC(O)(C2CC2)C1. The average molecular weight is 285 g/mol. The number of hydrogen-bond donors (Lipinski definition) is 2. The summed E-state index contributed by atoms with van der Waals surface area (Å²) in [7, 11) is 0. The lowest BCUT2D eigenvalue weighted by molar-refractivity contribution is -0.0958. The molecule has 1 aliphatic heterocycles. The molecule has 21 heavy (non-hydrogen) atoms. The van der Waals surface area contributed by atoms with E-state index in [1.807, 2.05) is 0 Å². The molecule has 2 aliphatic rings. The molecule has 2 fully saturated rings. The standard InChI is InChI=1S/C14H15N5O2/c20-13(19-7-14(21,8-19)11-5-6-11)10-3-1-9(2-4-10)12-15-17-18-16-12/h1-4,11,21H,5-8H2,(H,15,16,17,18). The molecule has 1 amide bonds. The molecular formula is C14H15N5O2. The zero-order valence-electron chi connectivity index (χ0n) is 11.4. The summed E-state index contributed by atoms with van der Waals surface area (Å²) in [4.78, 5) is 14.0. The highest BCUT2D eigenvalue weighted by atomic mass is 16.3. The zero-order chi connectivity index (χ0) is 14.4. The molecule has 0 spiro atoms. The lowest BCUT2D eigenvalue weighted by Gasteiger charge is -2.47. The van der Waals surface area contributed by atoms with Crippen LogP contribution < -0.4 is 0 Å². The van der Waals surface area contributed by atoms with Crippen molar-refractivity contribution >= 4 is 5.91 Å². The summed E-state index contributed by atoms with van der Waals surface area (Å²) in [6.07, 6.45) is 2.16. The minimum Gasteiger partial charge on any atom is -0.386 e. The molecule has 1 aliphatic carbocycles. The number of aromatic amines is 1. The number of nitrogens with zero attached hydrogens (tertiary/aromatic N) is 4. The molecule has 1 saturated heterocycles. The summed E-state index contributed by atoms with van der Waals surface area (Å²) in [5.74, 6) is 0.850. The predicted octanol–water partition coefficient (Wildman–Crippen LogP) is 0.464. The maximum Gasteiger partial charge on any atom is 0.254 e. The molecule has 0 atom stereocenters. The Morgan fingerprint density at radius 1 is 1.29 bits per heavy atom. The Hall–Kier alpha value is -2.28. The first-order valence-electron chi connectivity index (χ1n) is 7.01.